The van der Waals surface area contributed by atoms with Crippen LogP contribution in [-0.4, -0.2) is 59.2 Å². The summed E-state index contributed by atoms with van der Waals surface area (Å²) >= 11 is 0. The SMILES string of the molecule is COc1ccc(S(=O)(=O)N(C)C)c(C(O)(CC23CC(c4ccccc42)c2ccccc23)C2CCNCC2)c1OC. The molecule has 2 N–H and O–H groups in total. The van der Waals surface area contributed by atoms with Crippen LogP contribution in [0.4, 0.5) is 0 Å². The molecule has 6 rings (SSSR count). The fraction of sp³-hybridized carbons (Fsp3) is 0.438. The second-order valence-corrected chi connectivity index (χ2v) is 13.7. The van der Waals surface area contributed by atoms with Gasteiger partial charge in [-0.05, 0) is 79.1 Å². The molecule has 1 heterocycles. The van der Waals surface area contributed by atoms with Gasteiger partial charge in [0.05, 0.1) is 24.7 Å². The van der Waals surface area contributed by atoms with E-state index in [4.69, 9.17) is 9.47 Å². The van der Waals surface area contributed by atoms with Gasteiger partial charge < -0.3 is 19.9 Å². The van der Waals surface area contributed by atoms with Crippen molar-refractivity contribution in [3.63, 3.8) is 0 Å². The molecule has 0 amide bonds. The number of nitrogens with zero attached hydrogens (tertiary/aromatic N) is 1. The molecule has 8 heteroatoms. The van der Waals surface area contributed by atoms with Crippen LogP contribution in [0.2, 0.25) is 0 Å². The van der Waals surface area contributed by atoms with Crippen LogP contribution in [0.5, 0.6) is 11.5 Å². The third-order valence-corrected chi connectivity index (χ3v) is 11.4. The van der Waals surface area contributed by atoms with Gasteiger partial charge in [0.15, 0.2) is 11.5 Å². The molecule has 0 aromatic heterocycles. The van der Waals surface area contributed by atoms with Crippen LogP contribution >= 0.6 is 0 Å². The van der Waals surface area contributed by atoms with Crippen molar-refractivity contribution in [1.29, 1.82) is 0 Å². The summed E-state index contributed by atoms with van der Waals surface area (Å²) in [6.45, 7) is 1.50. The highest BCUT2D eigenvalue weighted by Crippen LogP contribution is 2.65. The smallest absolute Gasteiger partial charge is 0.243 e. The third kappa shape index (κ3) is 3.84. The highest BCUT2D eigenvalue weighted by atomic mass is 32.2. The molecule has 1 aliphatic heterocycles. The second-order valence-electron chi connectivity index (χ2n) is 11.6. The standard InChI is InChI=1S/C32H38N2O5S/c1-34(2)40(36,37)28-14-13-27(38-3)30(39-4)29(28)32(35,21-15-17-33-18-16-21)20-31-19-24(22-9-5-7-11-25(22)31)23-10-6-8-12-26(23)31/h5-14,21,24,33,35H,15-20H2,1-4H3. The predicted molar refractivity (Wildman–Crippen MR) is 155 cm³/mol. The first-order valence-electron chi connectivity index (χ1n) is 14.0. The first-order valence-corrected chi connectivity index (χ1v) is 15.4. The highest BCUT2D eigenvalue weighted by molar-refractivity contribution is 7.89. The van der Waals surface area contributed by atoms with Crippen LogP contribution < -0.4 is 14.8 Å². The Hall–Kier alpha value is -2.91. The topological polar surface area (TPSA) is 88.1 Å². The van der Waals surface area contributed by atoms with Crippen molar-refractivity contribution in [3.05, 3.63) is 88.5 Å². The Morgan fingerprint density at radius 1 is 0.950 bits per heavy atom. The quantitative estimate of drug-likeness (QED) is 0.424. The number of nitrogens with one attached hydrogen (secondary N) is 1. The Labute approximate surface area is 237 Å². The van der Waals surface area contributed by atoms with Crippen LogP contribution in [0, 0.1) is 5.92 Å². The first kappa shape index (κ1) is 27.3. The average Bonchev–Trinajstić information content (AvgIpc) is 3.48. The van der Waals surface area contributed by atoms with E-state index in [0.29, 0.717) is 30.6 Å². The molecule has 0 saturated carbocycles. The maximum atomic E-state index is 13.8. The summed E-state index contributed by atoms with van der Waals surface area (Å²) in [6.07, 6.45) is 2.61. The Kier molecular flexibility index (Phi) is 6.73. The minimum Gasteiger partial charge on any atom is -0.493 e. The number of hydrogen-bond donors (Lipinski definition) is 2. The zero-order chi connectivity index (χ0) is 28.3. The van der Waals surface area contributed by atoms with Gasteiger partial charge in [-0.1, -0.05) is 48.5 Å². The van der Waals surface area contributed by atoms with Crippen LogP contribution in [0.3, 0.4) is 0 Å². The number of benzene rings is 3. The zero-order valence-electron chi connectivity index (χ0n) is 23.6. The summed E-state index contributed by atoms with van der Waals surface area (Å²) in [5.74, 6) is 0.731. The first-order chi connectivity index (χ1) is 19.2. The molecule has 7 nitrogen and oxygen atoms in total. The number of aliphatic hydroxyl groups is 1. The number of sulfonamides is 1. The normalized spacial score (nSPS) is 23.5. The molecule has 2 aliphatic carbocycles. The monoisotopic (exact) mass is 562 g/mol. The van der Waals surface area contributed by atoms with Gasteiger partial charge in [-0.2, -0.15) is 0 Å². The largest absolute Gasteiger partial charge is 0.493 e. The Morgan fingerprint density at radius 2 is 1.55 bits per heavy atom. The number of methoxy groups -OCH3 is 2. The van der Waals surface area contributed by atoms with Gasteiger partial charge >= 0.3 is 0 Å². The van der Waals surface area contributed by atoms with Crippen molar-refractivity contribution in [3.8, 4) is 11.5 Å². The van der Waals surface area contributed by atoms with E-state index in [1.54, 1.807) is 12.1 Å². The van der Waals surface area contributed by atoms with Gasteiger partial charge in [0.1, 0.15) is 0 Å². The van der Waals surface area contributed by atoms with Gasteiger partial charge in [0.2, 0.25) is 10.0 Å². The van der Waals surface area contributed by atoms with Gasteiger partial charge in [-0.15, -0.1) is 0 Å². The minimum absolute atomic E-state index is 0.0571. The molecule has 3 aromatic carbocycles. The number of fused-ring (bicyclic) bond motifs is 8. The Balaban J connectivity index is 1.65. The molecule has 212 valence electrons. The van der Waals surface area contributed by atoms with Gasteiger partial charge in [0.25, 0.3) is 0 Å². The minimum atomic E-state index is -3.94. The fourth-order valence-corrected chi connectivity index (χ4v) is 8.92. The molecule has 40 heavy (non-hydrogen) atoms. The van der Waals surface area contributed by atoms with Crippen molar-refractivity contribution >= 4 is 10.0 Å². The molecule has 2 bridgehead atoms. The molecular formula is C32H38N2O5S. The molecule has 1 atom stereocenters. The van der Waals surface area contributed by atoms with Crippen LogP contribution in [0.1, 0.15) is 59.4 Å². The van der Waals surface area contributed by atoms with Gasteiger partial charge in [-0.3, -0.25) is 0 Å². The summed E-state index contributed by atoms with van der Waals surface area (Å²) < 4.78 is 40.5. The number of rotatable bonds is 8. The van der Waals surface area contributed by atoms with Crippen molar-refractivity contribution in [2.24, 2.45) is 5.92 Å². The summed E-state index contributed by atoms with van der Waals surface area (Å²) in [5.41, 5.74) is 3.36. The molecular weight excluding hydrogens is 524 g/mol. The lowest BCUT2D eigenvalue weighted by Crippen LogP contribution is -2.47. The lowest BCUT2D eigenvalue weighted by Gasteiger charge is -2.46. The van der Waals surface area contributed by atoms with Crippen LogP contribution in [-0.2, 0) is 21.0 Å². The molecule has 1 fully saturated rings. The second kappa shape index (κ2) is 9.87. The van der Waals surface area contributed by atoms with E-state index in [2.05, 4.69) is 53.8 Å². The molecule has 1 unspecified atom stereocenters. The Morgan fingerprint density at radius 3 is 2.10 bits per heavy atom. The summed E-state index contributed by atoms with van der Waals surface area (Å²) in [7, 11) is 2.15. The van der Waals surface area contributed by atoms with Gasteiger partial charge in [-0.25, -0.2) is 12.7 Å². The summed E-state index contributed by atoms with van der Waals surface area (Å²) in [4.78, 5) is 0.0571. The lowest BCUT2D eigenvalue weighted by molar-refractivity contribution is -0.0604. The van der Waals surface area contributed by atoms with Crippen LogP contribution in [0.15, 0.2) is 65.6 Å². The van der Waals surface area contributed by atoms with Crippen molar-refractivity contribution in [2.45, 2.75) is 47.5 Å². The third-order valence-electron chi connectivity index (χ3n) is 9.54. The van der Waals surface area contributed by atoms with Gasteiger partial charge in [0, 0.05) is 31.0 Å². The number of hydrogen-bond acceptors (Lipinski definition) is 6. The molecule has 1 saturated heterocycles. The van der Waals surface area contributed by atoms with E-state index in [1.807, 2.05) is 0 Å². The van der Waals surface area contributed by atoms with Crippen molar-refractivity contribution in [1.82, 2.24) is 9.62 Å². The molecule has 0 radical (unpaired) electrons. The number of piperidine rings is 1. The van der Waals surface area contributed by atoms with E-state index in [-0.39, 0.29) is 22.5 Å². The number of ether oxygens (including phenoxy) is 2. The highest BCUT2D eigenvalue weighted by Gasteiger charge is 2.58. The Bertz CT molecular complexity index is 1500. The lowest BCUT2D eigenvalue weighted by atomic mass is 9.63. The average molecular weight is 563 g/mol. The van der Waals surface area contributed by atoms with E-state index < -0.39 is 21.0 Å². The molecule has 3 aliphatic rings. The maximum absolute atomic E-state index is 13.8. The van der Waals surface area contributed by atoms with E-state index in [1.165, 1.54) is 54.9 Å². The van der Waals surface area contributed by atoms with Crippen molar-refractivity contribution in [2.75, 3.05) is 41.4 Å². The zero-order valence-corrected chi connectivity index (χ0v) is 24.4. The molecule has 0 spiro atoms. The van der Waals surface area contributed by atoms with E-state index >= 15 is 0 Å². The maximum Gasteiger partial charge on any atom is 0.243 e. The van der Waals surface area contributed by atoms with E-state index in [9.17, 15) is 13.5 Å². The summed E-state index contributed by atoms with van der Waals surface area (Å²) in [6, 6.07) is 20.3. The summed E-state index contributed by atoms with van der Waals surface area (Å²) in [5, 5.41) is 16.8. The van der Waals surface area contributed by atoms with Crippen LogP contribution in [0.25, 0.3) is 0 Å². The van der Waals surface area contributed by atoms with E-state index in [0.717, 1.165) is 19.5 Å². The predicted octanol–water partition coefficient (Wildman–Crippen LogP) is 4.37. The van der Waals surface area contributed by atoms with Crippen molar-refractivity contribution < 1.29 is 23.0 Å². The molecule has 3 aromatic rings. The fourth-order valence-electron chi connectivity index (χ4n) is 7.76.